The predicted octanol–water partition coefficient (Wildman–Crippen LogP) is 2.74. The van der Waals surface area contributed by atoms with E-state index in [0.717, 1.165) is 68.5 Å². The molecule has 34 heavy (non-hydrogen) atoms. The van der Waals surface area contributed by atoms with E-state index < -0.39 is 0 Å². The van der Waals surface area contributed by atoms with Gasteiger partial charge >= 0.3 is 0 Å². The number of aromatic nitrogens is 1. The Morgan fingerprint density at radius 3 is 2.44 bits per heavy atom. The monoisotopic (exact) mass is 480 g/mol. The minimum Gasteiger partial charge on any atom is -0.492 e. The van der Waals surface area contributed by atoms with Crippen molar-refractivity contribution in [1.29, 1.82) is 0 Å². The van der Waals surface area contributed by atoms with Crippen LogP contribution in [0.25, 0.3) is 10.2 Å². The highest BCUT2D eigenvalue weighted by Crippen LogP contribution is 2.24. The van der Waals surface area contributed by atoms with Crippen molar-refractivity contribution in [3.63, 3.8) is 0 Å². The van der Waals surface area contributed by atoms with Gasteiger partial charge in [-0.1, -0.05) is 24.3 Å². The number of benzene rings is 2. The van der Waals surface area contributed by atoms with Crippen LogP contribution in [0.4, 0.5) is 0 Å². The number of thiazole rings is 1. The van der Waals surface area contributed by atoms with Gasteiger partial charge in [-0.3, -0.25) is 14.6 Å². The Labute approximate surface area is 204 Å². The first-order chi connectivity index (χ1) is 16.7. The van der Waals surface area contributed by atoms with E-state index in [1.54, 1.807) is 11.3 Å². The van der Waals surface area contributed by atoms with Crippen molar-refractivity contribution < 1.29 is 14.3 Å². The number of amides is 1. The minimum atomic E-state index is 0.228. The number of ether oxygens (including phenoxy) is 2. The molecule has 5 rings (SSSR count). The smallest absolute Gasteiger partial charge is 0.236 e. The summed E-state index contributed by atoms with van der Waals surface area (Å²) in [6.45, 7) is 8.65. The normalized spacial score (nSPS) is 17.8. The third kappa shape index (κ3) is 6.13. The quantitative estimate of drug-likeness (QED) is 0.494. The molecule has 0 saturated carbocycles. The molecule has 0 N–H and O–H groups in total. The van der Waals surface area contributed by atoms with Crippen molar-refractivity contribution in [2.75, 3.05) is 72.2 Å². The Kier molecular flexibility index (Phi) is 7.70. The second-order valence-electron chi connectivity index (χ2n) is 8.86. The molecule has 0 radical (unpaired) electrons. The Bertz CT molecular complexity index is 1040. The summed E-state index contributed by atoms with van der Waals surface area (Å²) in [5.74, 6) is 1.13. The van der Waals surface area contributed by atoms with Gasteiger partial charge in [-0.25, -0.2) is 4.98 Å². The van der Waals surface area contributed by atoms with Crippen LogP contribution < -0.4 is 4.74 Å². The Morgan fingerprint density at radius 1 is 0.941 bits per heavy atom. The zero-order valence-corrected chi connectivity index (χ0v) is 20.3. The molecule has 8 heteroatoms. The van der Waals surface area contributed by atoms with Crippen molar-refractivity contribution >= 4 is 27.5 Å². The van der Waals surface area contributed by atoms with Crippen LogP contribution in [0, 0.1) is 0 Å². The predicted molar refractivity (Wildman–Crippen MR) is 135 cm³/mol. The lowest BCUT2D eigenvalue weighted by molar-refractivity contribution is -0.136. The lowest BCUT2D eigenvalue weighted by Crippen LogP contribution is -2.52. The maximum Gasteiger partial charge on any atom is 0.236 e. The van der Waals surface area contributed by atoms with Crippen LogP contribution in [-0.4, -0.2) is 97.8 Å². The average Bonchev–Trinajstić information content (AvgIpc) is 3.29. The molecular weight excluding hydrogens is 448 g/mol. The molecular formula is C26H32N4O3S. The summed E-state index contributed by atoms with van der Waals surface area (Å²) in [6.07, 6.45) is 0.845. The van der Waals surface area contributed by atoms with E-state index in [-0.39, 0.29) is 5.91 Å². The first-order valence-corrected chi connectivity index (χ1v) is 12.9. The van der Waals surface area contributed by atoms with Gasteiger partial charge in [-0.2, -0.15) is 0 Å². The third-order valence-corrected chi connectivity index (χ3v) is 7.52. The van der Waals surface area contributed by atoms with Gasteiger partial charge in [-0.15, -0.1) is 11.3 Å². The second-order valence-corrected chi connectivity index (χ2v) is 9.97. The van der Waals surface area contributed by atoms with Gasteiger partial charge in [0.15, 0.2) is 0 Å². The zero-order chi connectivity index (χ0) is 23.2. The van der Waals surface area contributed by atoms with Crippen LogP contribution in [0.1, 0.15) is 10.6 Å². The number of morpholine rings is 1. The summed E-state index contributed by atoms with van der Waals surface area (Å²) in [6, 6.07) is 16.7. The SMILES string of the molecule is O=C(CN1CCN(CCOc2ccc(Cc3nc4ccccc4s3)cc2)CC1)N1CCOCC1. The Hall–Kier alpha value is -2.52. The lowest BCUT2D eigenvalue weighted by Gasteiger charge is -2.35. The van der Waals surface area contributed by atoms with Crippen molar-refractivity contribution in [3.05, 3.63) is 59.1 Å². The van der Waals surface area contributed by atoms with Gasteiger partial charge in [0, 0.05) is 52.2 Å². The molecule has 2 saturated heterocycles. The molecule has 3 heterocycles. The van der Waals surface area contributed by atoms with E-state index in [1.165, 1.54) is 10.3 Å². The van der Waals surface area contributed by atoms with Gasteiger partial charge in [0.25, 0.3) is 0 Å². The molecule has 1 amide bonds. The summed E-state index contributed by atoms with van der Waals surface area (Å²) in [4.78, 5) is 23.8. The first kappa shape index (κ1) is 23.2. The van der Waals surface area contributed by atoms with Crippen LogP contribution in [0.5, 0.6) is 5.75 Å². The summed E-state index contributed by atoms with van der Waals surface area (Å²) >= 11 is 1.76. The number of hydrogen-bond acceptors (Lipinski definition) is 7. The summed E-state index contributed by atoms with van der Waals surface area (Å²) in [7, 11) is 0. The molecule has 2 aromatic carbocycles. The summed E-state index contributed by atoms with van der Waals surface area (Å²) < 4.78 is 12.6. The number of carbonyl (C=O) groups is 1. The standard InChI is InChI=1S/C26H32N4O3S/c31-26(30-14-16-32-17-15-30)20-29-11-9-28(10-12-29)13-18-33-22-7-5-21(6-8-22)19-25-27-23-3-1-2-4-24(23)34-25/h1-8H,9-20H2. The van der Waals surface area contributed by atoms with Crippen molar-refractivity contribution in [2.45, 2.75) is 6.42 Å². The number of fused-ring (bicyclic) bond motifs is 1. The van der Waals surface area contributed by atoms with E-state index >= 15 is 0 Å². The van der Waals surface area contributed by atoms with Crippen molar-refractivity contribution in [2.24, 2.45) is 0 Å². The fourth-order valence-electron chi connectivity index (χ4n) is 4.44. The van der Waals surface area contributed by atoms with Gasteiger partial charge in [0.2, 0.25) is 5.91 Å². The van der Waals surface area contributed by atoms with Gasteiger partial charge in [-0.05, 0) is 29.8 Å². The van der Waals surface area contributed by atoms with Gasteiger partial charge < -0.3 is 14.4 Å². The molecule has 2 fully saturated rings. The fraction of sp³-hybridized carbons (Fsp3) is 0.462. The highest BCUT2D eigenvalue weighted by molar-refractivity contribution is 7.18. The molecule has 2 aliphatic rings. The lowest BCUT2D eigenvalue weighted by atomic mass is 10.1. The van der Waals surface area contributed by atoms with Gasteiger partial charge in [0.05, 0.1) is 35.0 Å². The Balaban J connectivity index is 1.01. The van der Waals surface area contributed by atoms with E-state index in [9.17, 15) is 4.79 Å². The van der Waals surface area contributed by atoms with Crippen LogP contribution in [-0.2, 0) is 16.0 Å². The van der Waals surface area contributed by atoms with Crippen LogP contribution >= 0.6 is 11.3 Å². The van der Waals surface area contributed by atoms with E-state index in [4.69, 9.17) is 14.5 Å². The van der Waals surface area contributed by atoms with Crippen molar-refractivity contribution in [3.8, 4) is 5.75 Å². The van der Waals surface area contributed by atoms with Crippen LogP contribution in [0.15, 0.2) is 48.5 Å². The molecule has 7 nitrogen and oxygen atoms in total. The zero-order valence-electron chi connectivity index (χ0n) is 19.5. The summed E-state index contributed by atoms with van der Waals surface area (Å²) in [5.41, 5.74) is 2.32. The van der Waals surface area contributed by atoms with E-state index in [1.807, 2.05) is 11.0 Å². The molecule has 180 valence electrons. The number of nitrogens with zero attached hydrogens (tertiary/aromatic N) is 4. The third-order valence-electron chi connectivity index (χ3n) is 6.48. The highest BCUT2D eigenvalue weighted by atomic mass is 32.1. The number of piperazine rings is 1. The largest absolute Gasteiger partial charge is 0.492 e. The van der Waals surface area contributed by atoms with Crippen LogP contribution in [0.2, 0.25) is 0 Å². The number of para-hydroxylation sites is 1. The maximum atomic E-state index is 12.4. The molecule has 2 aliphatic heterocycles. The Morgan fingerprint density at radius 2 is 1.68 bits per heavy atom. The molecule has 0 aliphatic carbocycles. The van der Waals surface area contributed by atoms with E-state index in [0.29, 0.717) is 26.4 Å². The number of hydrogen-bond donors (Lipinski definition) is 0. The van der Waals surface area contributed by atoms with Gasteiger partial charge in [0.1, 0.15) is 12.4 Å². The van der Waals surface area contributed by atoms with Crippen LogP contribution in [0.3, 0.4) is 0 Å². The topological polar surface area (TPSA) is 58.1 Å². The number of carbonyl (C=O) groups excluding carboxylic acids is 1. The second kappa shape index (κ2) is 11.3. The molecule has 0 bridgehead atoms. The highest BCUT2D eigenvalue weighted by Gasteiger charge is 2.22. The molecule has 0 atom stereocenters. The number of rotatable bonds is 8. The summed E-state index contributed by atoms with van der Waals surface area (Å²) in [5, 5.41) is 1.14. The fourth-order valence-corrected chi connectivity index (χ4v) is 5.44. The van der Waals surface area contributed by atoms with E-state index in [2.05, 4.69) is 52.3 Å². The average molecular weight is 481 g/mol. The minimum absolute atomic E-state index is 0.228. The molecule has 1 aromatic heterocycles. The van der Waals surface area contributed by atoms with Crippen molar-refractivity contribution in [1.82, 2.24) is 19.7 Å². The first-order valence-electron chi connectivity index (χ1n) is 12.1. The molecule has 0 unspecified atom stereocenters. The molecule has 3 aromatic rings. The molecule has 0 spiro atoms. The maximum absolute atomic E-state index is 12.4.